The second-order valence-corrected chi connectivity index (χ2v) is 8.78. The molecule has 0 unspecified atom stereocenters. The molecule has 0 saturated heterocycles. The number of nitrogens with one attached hydrogen (secondary N) is 2. The van der Waals surface area contributed by atoms with Crippen LogP contribution in [0, 0.1) is 5.92 Å². The highest BCUT2D eigenvalue weighted by molar-refractivity contribution is 7.99. The van der Waals surface area contributed by atoms with Gasteiger partial charge in [0.15, 0.2) is 11.0 Å². The number of pyridine rings is 1. The summed E-state index contributed by atoms with van der Waals surface area (Å²) in [7, 11) is 1.87. The summed E-state index contributed by atoms with van der Waals surface area (Å²) in [5.74, 6) is 0.999. The van der Waals surface area contributed by atoms with Gasteiger partial charge in [0.25, 0.3) is 0 Å². The van der Waals surface area contributed by atoms with Crippen LogP contribution in [-0.2, 0) is 16.6 Å². The third-order valence-electron chi connectivity index (χ3n) is 5.52. The van der Waals surface area contributed by atoms with Crippen molar-refractivity contribution in [2.75, 3.05) is 16.4 Å². The van der Waals surface area contributed by atoms with Crippen molar-refractivity contribution in [2.24, 2.45) is 13.0 Å². The maximum absolute atomic E-state index is 12.4. The fourth-order valence-corrected chi connectivity index (χ4v) is 4.48. The summed E-state index contributed by atoms with van der Waals surface area (Å²) in [6.07, 6.45) is 8.81. The van der Waals surface area contributed by atoms with Crippen LogP contribution in [0.1, 0.15) is 32.1 Å². The zero-order valence-corrected chi connectivity index (χ0v) is 18.8. The third kappa shape index (κ3) is 5.53. The minimum atomic E-state index is -0.137. The molecule has 3 aromatic rings. The van der Waals surface area contributed by atoms with Gasteiger partial charge in [-0.1, -0.05) is 31.0 Å². The highest BCUT2D eigenvalue weighted by Crippen LogP contribution is 2.25. The summed E-state index contributed by atoms with van der Waals surface area (Å²) in [5.41, 5.74) is 2.35. The Kier molecular flexibility index (Phi) is 7.16. The van der Waals surface area contributed by atoms with E-state index in [0.29, 0.717) is 10.8 Å². The Balaban J connectivity index is 1.27. The Morgan fingerprint density at radius 3 is 2.31 bits per heavy atom. The van der Waals surface area contributed by atoms with E-state index in [0.717, 1.165) is 42.8 Å². The van der Waals surface area contributed by atoms with E-state index in [4.69, 9.17) is 0 Å². The molecule has 166 valence electrons. The SMILES string of the molecule is Cn1c(SCC(=O)Nc2ccc(NC(=O)C3CCCCC3)cc2)nnc1-c1ccncc1. The zero-order chi connectivity index (χ0) is 22.3. The van der Waals surface area contributed by atoms with E-state index in [-0.39, 0.29) is 23.5 Å². The number of anilines is 2. The van der Waals surface area contributed by atoms with Crippen LogP contribution in [-0.4, -0.2) is 37.3 Å². The van der Waals surface area contributed by atoms with E-state index in [9.17, 15) is 9.59 Å². The van der Waals surface area contributed by atoms with Gasteiger partial charge in [0.2, 0.25) is 11.8 Å². The zero-order valence-electron chi connectivity index (χ0n) is 18.0. The van der Waals surface area contributed by atoms with Crippen molar-refractivity contribution >= 4 is 35.0 Å². The molecule has 0 atom stereocenters. The Hall–Kier alpha value is -3.20. The summed E-state index contributed by atoms with van der Waals surface area (Å²) < 4.78 is 1.86. The highest BCUT2D eigenvalue weighted by Gasteiger charge is 2.21. The molecule has 2 amide bonds. The van der Waals surface area contributed by atoms with Crippen LogP contribution in [0.15, 0.2) is 53.9 Å². The number of rotatable bonds is 7. The Morgan fingerprint density at radius 2 is 1.62 bits per heavy atom. The molecule has 0 radical (unpaired) electrons. The number of nitrogens with zero attached hydrogens (tertiary/aromatic N) is 4. The van der Waals surface area contributed by atoms with Gasteiger partial charge in [-0.2, -0.15) is 0 Å². The molecule has 1 fully saturated rings. The topological polar surface area (TPSA) is 102 Å². The number of hydrogen-bond donors (Lipinski definition) is 2. The first-order valence-electron chi connectivity index (χ1n) is 10.7. The number of thioether (sulfide) groups is 1. The molecule has 0 spiro atoms. The minimum absolute atomic E-state index is 0.0905. The first-order chi connectivity index (χ1) is 15.6. The molecular weight excluding hydrogens is 424 g/mol. The number of carbonyl (C=O) groups is 2. The first kappa shape index (κ1) is 22.0. The van der Waals surface area contributed by atoms with Crippen LogP contribution in [0.2, 0.25) is 0 Å². The quantitative estimate of drug-likeness (QED) is 0.525. The Morgan fingerprint density at radius 1 is 0.969 bits per heavy atom. The van der Waals surface area contributed by atoms with Crippen molar-refractivity contribution in [3.8, 4) is 11.4 Å². The second-order valence-electron chi connectivity index (χ2n) is 7.84. The number of hydrogen-bond acceptors (Lipinski definition) is 6. The third-order valence-corrected chi connectivity index (χ3v) is 6.54. The molecule has 9 heteroatoms. The maximum Gasteiger partial charge on any atom is 0.234 e. The smallest absolute Gasteiger partial charge is 0.234 e. The maximum atomic E-state index is 12.4. The fourth-order valence-electron chi connectivity index (χ4n) is 3.77. The first-order valence-corrected chi connectivity index (χ1v) is 11.7. The normalized spacial score (nSPS) is 14.2. The van der Waals surface area contributed by atoms with Gasteiger partial charge in [0, 0.05) is 42.3 Å². The van der Waals surface area contributed by atoms with Gasteiger partial charge >= 0.3 is 0 Å². The van der Waals surface area contributed by atoms with Gasteiger partial charge in [-0.15, -0.1) is 10.2 Å². The standard InChI is InChI=1S/C23H26N6O2S/c1-29-21(16-11-13-24-14-12-16)27-28-23(29)32-15-20(30)25-18-7-9-19(10-8-18)26-22(31)17-5-3-2-4-6-17/h7-14,17H,2-6,15H2,1H3,(H,25,30)(H,26,31). The van der Waals surface area contributed by atoms with Crippen molar-refractivity contribution < 1.29 is 9.59 Å². The predicted octanol–water partition coefficient (Wildman–Crippen LogP) is 4.13. The number of aromatic nitrogens is 4. The van der Waals surface area contributed by atoms with E-state index < -0.39 is 0 Å². The lowest BCUT2D eigenvalue weighted by Gasteiger charge is -2.20. The number of amides is 2. The fraction of sp³-hybridized carbons (Fsp3) is 0.348. The highest BCUT2D eigenvalue weighted by atomic mass is 32.2. The number of carbonyl (C=O) groups excluding carboxylic acids is 2. The summed E-state index contributed by atoms with van der Waals surface area (Å²) >= 11 is 1.32. The van der Waals surface area contributed by atoms with Gasteiger partial charge in [0.1, 0.15) is 0 Å². The molecule has 0 bridgehead atoms. The van der Waals surface area contributed by atoms with Crippen LogP contribution in [0.5, 0.6) is 0 Å². The largest absolute Gasteiger partial charge is 0.326 e. The molecule has 1 saturated carbocycles. The van der Waals surface area contributed by atoms with Gasteiger partial charge in [-0.25, -0.2) is 0 Å². The van der Waals surface area contributed by atoms with Crippen molar-refractivity contribution in [1.82, 2.24) is 19.7 Å². The van der Waals surface area contributed by atoms with Crippen molar-refractivity contribution in [1.29, 1.82) is 0 Å². The molecule has 0 aliphatic heterocycles. The summed E-state index contributed by atoms with van der Waals surface area (Å²) in [6.45, 7) is 0. The molecule has 8 nitrogen and oxygen atoms in total. The van der Waals surface area contributed by atoms with Crippen LogP contribution < -0.4 is 10.6 Å². The summed E-state index contributed by atoms with van der Waals surface area (Å²) in [5, 5.41) is 14.9. The van der Waals surface area contributed by atoms with Crippen LogP contribution in [0.25, 0.3) is 11.4 Å². The van der Waals surface area contributed by atoms with Crippen LogP contribution >= 0.6 is 11.8 Å². The summed E-state index contributed by atoms with van der Waals surface area (Å²) in [6, 6.07) is 10.9. The van der Waals surface area contributed by atoms with E-state index in [1.54, 1.807) is 24.5 Å². The molecular formula is C23H26N6O2S. The van der Waals surface area contributed by atoms with Gasteiger partial charge in [0.05, 0.1) is 5.75 Å². The lowest BCUT2D eigenvalue weighted by molar-refractivity contribution is -0.120. The molecule has 2 N–H and O–H groups in total. The second kappa shape index (κ2) is 10.4. The van der Waals surface area contributed by atoms with Gasteiger partial charge < -0.3 is 15.2 Å². The lowest BCUT2D eigenvalue weighted by Crippen LogP contribution is -2.24. The van der Waals surface area contributed by atoms with E-state index in [1.807, 2.05) is 35.9 Å². The molecule has 2 heterocycles. The lowest BCUT2D eigenvalue weighted by atomic mass is 9.88. The Labute approximate surface area is 191 Å². The molecule has 4 rings (SSSR count). The number of benzene rings is 1. The molecule has 32 heavy (non-hydrogen) atoms. The van der Waals surface area contributed by atoms with Gasteiger partial charge in [-0.3, -0.25) is 14.6 Å². The van der Waals surface area contributed by atoms with Crippen molar-refractivity contribution in [3.63, 3.8) is 0 Å². The average molecular weight is 451 g/mol. The molecule has 1 aliphatic rings. The Bertz CT molecular complexity index is 1060. The average Bonchev–Trinajstić information content (AvgIpc) is 3.20. The van der Waals surface area contributed by atoms with Crippen LogP contribution in [0.4, 0.5) is 11.4 Å². The predicted molar refractivity (Wildman–Crippen MR) is 125 cm³/mol. The van der Waals surface area contributed by atoms with Crippen LogP contribution in [0.3, 0.4) is 0 Å². The molecule has 2 aromatic heterocycles. The van der Waals surface area contributed by atoms with E-state index in [1.165, 1.54) is 18.2 Å². The van der Waals surface area contributed by atoms with Crippen molar-refractivity contribution in [2.45, 2.75) is 37.3 Å². The monoisotopic (exact) mass is 450 g/mol. The van der Waals surface area contributed by atoms with Crippen molar-refractivity contribution in [3.05, 3.63) is 48.8 Å². The van der Waals surface area contributed by atoms with Gasteiger partial charge in [-0.05, 0) is 49.2 Å². The van der Waals surface area contributed by atoms with E-state index in [2.05, 4.69) is 25.8 Å². The molecule has 1 aromatic carbocycles. The summed E-state index contributed by atoms with van der Waals surface area (Å²) in [4.78, 5) is 28.8. The minimum Gasteiger partial charge on any atom is -0.326 e. The van der Waals surface area contributed by atoms with E-state index >= 15 is 0 Å². The molecule has 1 aliphatic carbocycles.